The van der Waals surface area contributed by atoms with Crippen LogP contribution in [-0.4, -0.2) is 14.8 Å². The zero-order valence-electron chi connectivity index (χ0n) is 16.6. The lowest BCUT2D eigenvalue weighted by molar-refractivity contribution is 0.498. The molecule has 1 heterocycles. The van der Waals surface area contributed by atoms with Crippen molar-refractivity contribution in [2.75, 3.05) is 0 Å². The highest BCUT2D eigenvalue weighted by atomic mass is 35.5. The molecule has 148 valence electrons. The summed E-state index contributed by atoms with van der Waals surface area (Å²) in [5.41, 5.74) is 3.49. The Hall–Kier alpha value is -1.49. The number of aromatic nitrogens is 3. The lowest BCUT2D eigenvalue weighted by Crippen LogP contribution is -2.08. The summed E-state index contributed by atoms with van der Waals surface area (Å²) in [5, 5.41) is 11.0. The lowest BCUT2D eigenvalue weighted by Gasteiger charge is -2.13. The summed E-state index contributed by atoms with van der Waals surface area (Å²) in [6, 6.07) is 14.3. The normalized spacial score (nSPS) is 11.6. The molecular weight excluding hydrogens is 409 g/mol. The Morgan fingerprint density at radius 2 is 1.68 bits per heavy atom. The van der Waals surface area contributed by atoms with Crippen molar-refractivity contribution in [3.63, 3.8) is 0 Å². The molecule has 0 bridgehead atoms. The van der Waals surface area contributed by atoms with E-state index in [9.17, 15) is 0 Å². The average molecular weight is 434 g/mol. The van der Waals surface area contributed by atoms with Gasteiger partial charge in [-0.1, -0.05) is 86.9 Å². The smallest absolute Gasteiger partial charge is 0.191 e. The van der Waals surface area contributed by atoms with Gasteiger partial charge in [0, 0.05) is 22.9 Å². The molecule has 0 aliphatic rings. The highest BCUT2D eigenvalue weighted by Crippen LogP contribution is 2.33. The van der Waals surface area contributed by atoms with Crippen LogP contribution in [0.25, 0.3) is 11.4 Å². The van der Waals surface area contributed by atoms with Gasteiger partial charge in [-0.05, 0) is 41.2 Å². The Bertz CT molecular complexity index is 933. The van der Waals surface area contributed by atoms with Gasteiger partial charge in [0.05, 0.1) is 5.02 Å². The third-order valence-corrected chi connectivity index (χ3v) is 6.04. The maximum atomic E-state index is 6.42. The summed E-state index contributed by atoms with van der Waals surface area (Å²) in [5.74, 6) is 2.64. The summed E-state index contributed by atoms with van der Waals surface area (Å²) >= 11 is 14.2. The zero-order chi connectivity index (χ0) is 20.3. The Labute approximate surface area is 181 Å². The summed E-state index contributed by atoms with van der Waals surface area (Å²) in [6.45, 7) is 9.62. The predicted octanol–water partition coefficient (Wildman–Crippen LogP) is 7.32. The van der Waals surface area contributed by atoms with Crippen molar-refractivity contribution in [1.29, 1.82) is 0 Å². The van der Waals surface area contributed by atoms with Crippen molar-refractivity contribution < 1.29 is 0 Å². The van der Waals surface area contributed by atoms with E-state index in [1.807, 2.05) is 12.1 Å². The van der Waals surface area contributed by atoms with Crippen LogP contribution in [-0.2, 0) is 12.3 Å². The van der Waals surface area contributed by atoms with Gasteiger partial charge < -0.3 is 4.57 Å². The summed E-state index contributed by atoms with van der Waals surface area (Å²) in [6.07, 6.45) is 0. The molecule has 0 saturated heterocycles. The second kappa shape index (κ2) is 9.34. The third kappa shape index (κ3) is 5.11. The Kier molecular flexibility index (Phi) is 7.08. The standard InChI is InChI=1S/C22H25Cl2N3S/c1-14(2)12-27-21(19-10-9-18(23)11-20(19)24)25-26-22(27)28-13-16-5-7-17(8-6-16)15(3)4/h5-11,14-15H,12-13H2,1-4H3. The molecule has 1 aromatic heterocycles. The van der Waals surface area contributed by atoms with E-state index >= 15 is 0 Å². The molecule has 28 heavy (non-hydrogen) atoms. The number of hydrogen-bond donors (Lipinski definition) is 0. The Balaban J connectivity index is 1.85. The van der Waals surface area contributed by atoms with Crippen molar-refractivity contribution in [3.8, 4) is 11.4 Å². The van der Waals surface area contributed by atoms with E-state index in [0.717, 1.165) is 28.8 Å². The summed E-state index contributed by atoms with van der Waals surface area (Å²) in [4.78, 5) is 0. The van der Waals surface area contributed by atoms with Crippen LogP contribution in [0.15, 0.2) is 47.6 Å². The molecule has 0 spiro atoms. The molecule has 6 heteroatoms. The van der Waals surface area contributed by atoms with E-state index < -0.39 is 0 Å². The van der Waals surface area contributed by atoms with E-state index in [4.69, 9.17) is 23.2 Å². The van der Waals surface area contributed by atoms with Crippen molar-refractivity contribution >= 4 is 35.0 Å². The van der Waals surface area contributed by atoms with Crippen molar-refractivity contribution in [2.24, 2.45) is 5.92 Å². The highest BCUT2D eigenvalue weighted by molar-refractivity contribution is 7.98. The number of thioether (sulfide) groups is 1. The van der Waals surface area contributed by atoms with Gasteiger partial charge >= 0.3 is 0 Å². The molecule has 3 rings (SSSR count). The maximum Gasteiger partial charge on any atom is 0.191 e. The largest absolute Gasteiger partial charge is 0.302 e. The fraction of sp³-hybridized carbons (Fsp3) is 0.364. The van der Waals surface area contributed by atoms with Crippen molar-refractivity contribution in [3.05, 3.63) is 63.6 Å². The number of rotatable bonds is 7. The molecular formula is C22H25Cl2N3S. The third-order valence-electron chi connectivity index (χ3n) is 4.45. The fourth-order valence-corrected chi connectivity index (χ4v) is 4.34. The monoisotopic (exact) mass is 433 g/mol. The number of halogens is 2. The van der Waals surface area contributed by atoms with E-state index in [-0.39, 0.29) is 0 Å². The van der Waals surface area contributed by atoms with Gasteiger partial charge in [-0.3, -0.25) is 0 Å². The molecule has 0 atom stereocenters. The lowest BCUT2D eigenvalue weighted by atomic mass is 10.0. The molecule has 2 aromatic carbocycles. The predicted molar refractivity (Wildman–Crippen MR) is 120 cm³/mol. The van der Waals surface area contributed by atoms with Crippen LogP contribution in [0.4, 0.5) is 0 Å². The Morgan fingerprint density at radius 3 is 2.29 bits per heavy atom. The number of benzene rings is 2. The van der Waals surface area contributed by atoms with Crippen LogP contribution in [0.3, 0.4) is 0 Å². The molecule has 0 saturated carbocycles. The van der Waals surface area contributed by atoms with E-state index in [2.05, 4.69) is 66.7 Å². The Morgan fingerprint density at radius 1 is 0.964 bits per heavy atom. The first-order valence-electron chi connectivity index (χ1n) is 9.45. The highest BCUT2D eigenvalue weighted by Gasteiger charge is 2.18. The molecule has 3 nitrogen and oxygen atoms in total. The molecule has 0 amide bonds. The summed E-state index contributed by atoms with van der Waals surface area (Å²) < 4.78 is 2.16. The van der Waals surface area contributed by atoms with E-state index in [1.165, 1.54) is 11.1 Å². The van der Waals surface area contributed by atoms with Crippen LogP contribution in [0.5, 0.6) is 0 Å². The van der Waals surface area contributed by atoms with Crippen LogP contribution in [0.1, 0.15) is 44.7 Å². The van der Waals surface area contributed by atoms with E-state index in [1.54, 1.807) is 17.8 Å². The van der Waals surface area contributed by atoms with Gasteiger partial charge in [-0.15, -0.1) is 10.2 Å². The molecule has 0 unspecified atom stereocenters. The van der Waals surface area contributed by atoms with Crippen molar-refractivity contribution in [1.82, 2.24) is 14.8 Å². The SMILES string of the molecule is CC(C)Cn1c(SCc2ccc(C(C)C)cc2)nnc1-c1ccc(Cl)cc1Cl. The maximum absolute atomic E-state index is 6.42. The molecule has 0 aliphatic carbocycles. The molecule has 0 N–H and O–H groups in total. The van der Waals surface area contributed by atoms with Gasteiger partial charge in [0.25, 0.3) is 0 Å². The average Bonchev–Trinajstić information content (AvgIpc) is 3.02. The van der Waals surface area contributed by atoms with Gasteiger partial charge in [0.2, 0.25) is 0 Å². The van der Waals surface area contributed by atoms with Gasteiger partial charge in [0.15, 0.2) is 11.0 Å². The second-order valence-corrected chi connectivity index (χ2v) is 9.41. The van der Waals surface area contributed by atoms with Crippen LogP contribution >= 0.6 is 35.0 Å². The molecule has 0 radical (unpaired) electrons. The quantitative estimate of drug-likeness (QED) is 0.365. The minimum Gasteiger partial charge on any atom is -0.302 e. The van der Waals surface area contributed by atoms with Crippen LogP contribution < -0.4 is 0 Å². The van der Waals surface area contributed by atoms with Crippen molar-refractivity contribution in [2.45, 2.75) is 51.1 Å². The molecule has 0 aliphatic heterocycles. The van der Waals surface area contributed by atoms with E-state index in [0.29, 0.717) is 21.9 Å². The summed E-state index contributed by atoms with van der Waals surface area (Å²) in [7, 11) is 0. The first-order chi connectivity index (χ1) is 13.3. The molecule has 3 aromatic rings. The fourth-order valence-electron chi connectivity index (χ4n) is 2.94. The number of nitrogens with zero attached hydrogens (tertiary/aromatic N) is 3. The van der Waals surface area contributed by atoms with Crippen LogP contribution in [0, 0.1) is 5.92 Å². The minimum atomic E-state index is 0.463. The first kappa shape index (κ1) is 21.2. The minimum absolute atomic E-state index is 0.463. The van der Waals surface area contributed by atoms with Gasteiger partial charge in [0.1, 0.15) is 0 Å². The van der Waals surface area contributed by atoms with Gasteiger partial charge in [-0.25, -0.2) is 0 Å². The van der Waals surface area contributed by atoms with Crippen LogP contribution in [0.2, 0.25) is 10.0 Å². The second-order valence-electron chi connectivity index (χ2n) is 7.62. The molecule has 0 fully saturated rings. The topological polar surface area (TPSA) is 30.7 Å². The van der Waals surface area contributed by atoms with Gasteiger partial charge in [-0.2, -0.15) is 0 Å². The first-order valence-corrected chi connectivity index (χ1v) is 11.2. The number of hydrogen-bond acceptors (Lipinski definition) is 3. The zero-order valence-corrected chi connectivity index (χ0v) is 18.9.